The summed E-state index contributed by atoms with van der Waals surface area (Å²) >= 11 is 14.1. The molecule has 0 saturated heterocycles. The maximum absolute atomic E-state index is 13.1. The molecule has 2 rings (SSSR count). The van der Waals surface area contributed by atoms with Crippen molar-refractivity contribution in [2.45, 2.75) is 50.7 Å². The van der Waals surface area contributed by atoms with E-state index in [0.717, 1.165) is 11.3 Å². The van der Waals surface area contributed by atoms with Crippen LogP contribution in [0, 0.1) is 0 Å². The molecule has 0 radical (unpaired) electrons. The number of thioether (sulfide) groups is 1. The van der Waals surface area contributed by atoms with Gasteiger partial charge >= 0.3 is 0 Å². The Morgan fingerprint density at radius 2 is 1.66 bits per heavy atom. The van der Waals surface area contributed by atoms with Crippen LogP contribution in [0.2, 0.25) is 10.0 Å². The largest absolute Gasteiger partial charge is 0.352 e. The third-order valence-electron chi connectivity index (χ3n) is 4.66. The smallest absolute Gasteiger partial charge is 0.242 e. The highest BCUT2D eigenvalue weighted by Crippen LogP contribution is 2.27. The van der Waals surface area contributed by atoms with Crippen LogP contribution in [0.25, 0.3) is 0 Å². The molecule has 156 valence electrons. The lowest BCUT2D eigenvalue weighted by Gasteiger charge is -2.30. The van der Waals surface area contributed by atoms with Crippen LogP contribution in [0.1, 0.15) is 32.8 Å². The number of nitrogens with zero attached hydrogens (tertiary/aromatic N) is 1. The SMILES string of the molecule is CC[C@@H](C)NC(=O)[C@H](C)N(Cc1c(Cl)cccc1Cl)C(=O)CSc1ccccc1. The Balaban J connectivity index is 2.21. The Hall–Kier alpha value is -1.69. The minimum absolute atomic E-state index is 0.0319. The minimum atomic E-state index is -0.653. The Kier molecular flexibility index (Phi) is 9.34. The van der Waals surface area contributed by atoms with Crippen LogP contribution in [0.15, 0.2) is 53.4 Å². The van der Waals surface area contributed by atoms with Gasteiger partial charge in [-0.3, -0.25) is 9.59 Å². The molecule has 0 spiro atoms. The second kappa shape index (κ2) is 11.5. The van der Waals surface area contributed by atoms with E-state index in [9.17, 15) is 9.59 Å². The standard InChI is InChI=1S/C22H26Cl2N2O2S/c1-4-15(2)25-22(28)16(3)26(13-18-19(23)11-8-12-20(18)24)21(27)14-29-17-9-6-5-7-10-17/h5-12,15-16H,4,13-14H2,1-3H3,(H,25,28)/t15-,16+/m1/s1. The number of rotatable bonds is 9. The summed E-state index contributed by atoms with van der Waals surface area (Å²) in [6.07, 6.45) is 0.812. The van der Waals surface area contributed by atoms with Gasteiger partial charge in [0.25, 0.3) is 0 Å². The summed E-state index contributed by atoms with van der Waals surface area (Å²) in [5, 5.41) is 3.89. The first-order chi connectivity index (χ1) is 13.8. The quantitative estimate of drug-likeness (QED) is 0.516. The zero-order valence-electron chi connectivity index (χ0n) is 16.8. The monoisotopic (exact) mass is 452 g/mol. The average Bonchev–Trinajstić information content (AvgIpc) is 2.72. The van der Waals surface area contributed by atoms with Crippen LogP contribution in [-0.4, -0.2) is 34.6 Å². The summed E-state index contributed by atoms with van der Waals surface area (Å²) in [6, 6.07) is 14.3. The predicted octanol–water partition coefficient (Wildman–Crippen LogP) is 5.42. The normalized spacial score (nSPS) is 12.9. The first kappa shape index (κ1) is 23.6. The van der Waals surface area contributed by atoms with E-state index in [2.05, 4.69) is 5.32 Å². The molecule has 0 aliphatic rings. The number of halogens is 2. The zero-order valence-corrected chi connectivity index (χ0v) is 19.2. The second-order valence-electron chi connectivity index (χ2n) is 6.82. The molecule has 0 aromatic heterocycles. The number of hydrogen-bond acceptors (Lipinski definition) is 3. The van der Waals surface area contributed by atoms with E-state index >= 15 is 0 Å². The number of hydrogen-bond donors (Lipinski definition) is 1. The lowest BCUT2D eigenvalue weighted by molar-refractivity contribution is -0.138. The van der Waals surface area contributed by atoms with Crippen molar-refractivity contribution in [2.75, 3.05) is 5.75 Å². The van der Waals surface area contributed by atoms with E-state index in [1.54, 1.807) is 30.0 Å². The van der Waals surface area contributed by atoms with Gasteiger partial charge in [0.15, 0.2) is 0 Å². The molecular weight excluding hydrogens is 427 g/mol. The van der Waals surface area contributed by atoms with Crippen molar-refractivity contribution >= 4 is 46.8 Å². The lowest BCUT2D eigenvalue weighted by Crippen LogP contribution is -2.50. The molecule has 0 fully saturated rings. The van der Waals surface area contributed by atoms with Crippen molar-refractivity contribution in [3.05, 3.63) is 64.1 Å². The Bertz CT molecular complexity index is 813. The van der Waals surface area contributed by atoms with Crippen molar-refractivity contribution in [3.63, 3.8) is 0 Å². The molecule has 0 saturated carbocycles. The number of benzene rings is 2. The van der Waals surface area contributed by atoms with Crippen LogP contribution < -0.4 is 5.32 Å². The van der Waals surface area contributed by atoms with Crippen LogP contribution in [0.4, 0.5) is 0 Å². The molecule has 0 bridgehead atoms. The first-order valence-corrected chi connectivity index (χ1v) is 11.3. The van der Waals surface area contributed by atoms with E-state index in [1.807, 2.05) is 44.2 Å². The Morgan fingerprint density at radius 3 is 2.24 bits per heavy atom. The maximum Gasteiger partial charge on any atom is 0.242 e. The first-order valence-electron chi connectivity index (χ1n) is 9.54. The fraction of sp³-hybridized carbons (Fsp3) is 0.364. The van der Waals surface area contributed by atoms with Crippen molar-refractivity contribution in [1.82, 2.24) is 10.2 Å². The van der Waals surface area contributed by atoms with Crippen LogP contribution in [-0.2, 0) is 16.1 Å². The van der Waals surface area contributed by atoms with E-state index in [1.165, 1.54) is 11.8 Å². The summed E-state index contributed by atoms with van der Waals surface area (Å²) in [5.74, 6) is -0.130. The molecule has 1 N–H and O–H groups in total. The minimum Gasteiger partial charge on any atom is -0.352 e. The highest BCUT2D eigenvalue weighted by atomic mass is 35.5. The van der Waals surface area contributed by atoms with Gasteiger partial charge in [0.05, 0.1) is 5.75 Å². The Labute approximate surface area is 187 Å². The summed E-state index contributed by atoms with van der Waals surface area (Å²) < 4.78 is 0. The number of carbonyl (C=O) groups is 2. The molecule has 0 aliphatic carbocycles. The number of carbonyl (C=O) groups excluding carboxylic acids is 2. The van der Waals surface area contributed by atoms with Crippen LogP contribution in [0.3, 0.4) is 0 Å². The van der Waals surface area contributed by atoms with Crippen LogP contribution >= 0.6 is 35.0 Å². The third kappa shape index (κ3) is 6.95. The highest BCUT2D eigenvalue weighted by Gasteiger charge is 2.28. The van der Waals surface area contributed by atoms with Crippen molar-refractivity contribution < 1.29 is 9.59 Å². The van der Waals surface area contributed by atoms with Gasteiger partial charge in [-0.25, -0.2) is 0 Å². The van der Waals surface area contributed by atoms with Crippen molar-refractivity contribution in [1.29, 1.82) is 0 Å². The van der Waals surface area contributed by atoms with Gasteiger partial charge in [0, 0.05) is 33.1 Å². The van der Waals surface area contributed by atoms with E-state index in [4.69, 9.17) is 23.2 Å². The average molecular weight is 453 g/mol. The zero-order chi connectivity index (χ0) is 21.4. The number of nitrogens with one attached hydrogen (secondary N) is 1. The molecule has 2 aromatic carbocycles. The Morgan fingerprint density at radius 1 is 1.03 bits per heavy atom. The topological polar surface area (TPSA) is 49.4 Å². The molecule has 0 heterocycles. The van der Waals surface area contributed by atoms with E-state index in [-0.39, 0.29) is 30.2 Å². The third-order valence-corrected chi connectivity index (χ3v) is 6.37. The van der Waals surface area contributed by atoms with Crippen molar-refractivity contribution in [3.8, 4) is 0 Å². The molecule has 4 nitrogen and oxygen atoms in total. The van der Waals surface area contributed by atoms with Crippen LogP contribution in [0.5, 0.6) is 0 Å². The number of amides is 2. The molecule has 0 aliphatic heterocycles. The fourth-order valence-corrected chi connectivity index (χ4v) is 3.97. The van der Waals surface area contributed by atoms with Gasteiger partial charge in [-0.05, 0) is 44.5 Å². The van der Waals surface area contributed by atoms with Gasteiger partial charge in [-0.1, -0.05) is 54.4 Å². The van der Waals surface area contributed by atoms with Gasteiger partial charge in [-0.2, -0.15) is 0 Å². The van der Waals surface area contributed by atoms with E-state index < -0.39 is 6.04 Å². The highest BCUT2D eigenvalue weighted by molar-refractivity contribution is 8.00. The van der Waals surface area contributed by atoms with Gasteiger partial charge in [0.1, 0.15) is 6.04 Å². The molecular formula is C22H26Cl2N2O2S. The molecule has 0 unspecified atom stereocenters. The summed E-state index contributed by atoms with van der Waals surface area (Å²) in [7, 11) is 0. The van der Waals surface area contributed by atoms with Gasteiger partial charge in [0.2, 0.25) is 11.8 Å². The molecule has 7 heteroatoms. The molecule has 2 aromatic rings. The molecule has 2 atom stereocenters. The van der Waals surface area contributed by atoms with Crippen molar-refractivity contribution in [2.24, 2.45) is 0 Å². The summed E-state index contributed by atoms with van der Waals surface area (Å²) in [4.78, 5) is 28.3. The lowest BCUT2D eigenvalue weighted by atomic mass is 10.1. The molecule has 2 amide bonds. The second-order valence-corrected chi connectivity index (χ2v) is 8.68. The maximum atomic E-state index is 13.1. The van der Waals surface area contributed by atoms with Gasteiger partial charge < -0.3 is 10.2 Å². The predicted molar refractivity (Wildman–Crippen MR) is 122 cm³/mol. The van der Waals surface area contributed by atoms with Gasteiger partial charge in [-0.15, -0.1) is 11.8 Å². The fourth-order valence-electron chi connectivity index (χ4n) is 2.65. The summed E-state index contributed by atoms with van der Waals surface area (Å²) in [6.45, 7) is 5.83. The molecule has 29 heavy (non-hydrogen) atoms. The summed E-state index contributed by atoms with van der Waals surface area (Å²) in [5.41, 5.74) is 0.636. The van der Waals surface area contributed by atoms with E-state index in [0.29, 0.717) is 15.6 Å².